The first-order valence-electron chi connectivity index (χ1n) is 11.0. The number of rotatable bonds is 8. The molecule has 0 spiro atoms. The smallest absolute Gasteiger partial charge is 0.307 e. The number of nitrogens with two attached hydrogens (primary N) is 1. The van der Waals surface area contributed by atoms with Crippen LogP contribution >= 0.6 is 11.6 Å². The highest BCUT2D eigenvalue weighted by atomic mass is 35.5. The van der Waals surface area contributed by atoms with E-state index >= 15 is 0 Å². The molecule has 3 heterocycles. The van der Waals surface area contributed by atoms with Crippen molar-refractivity contribution in [3.05, 3.63) is 53.3 Å². The fourth-order valence-corrected chi connectivity index (χ4v) is 4.45. The molecule has 1 saturated carbocycles. The maximum Gasteiger partial charge on any atom is 0.307 e. The molecule has 0 bridgehead atoms. The van der Waals surface area contributed by atoms with Gasteiger partial charge in [0.25, 0.3) is 0 Å². The van der Waals surface area contributed by atoms with Crippen LogP contribution in [-0.4, -0.2) is 57.3 Å². The highest BCUT2D eigenvalue weighted by molar-refractivity contribution is 6.31. The van der Waals surface area contributed by atoms with Crippen molar-refractivity contribution in [2.75, 3.05) is 19.6 Å². The fourth-order valence-electron chi connectivity index (χ4n) is 4.29. The first-order valence-corrected chi connectivity index (χ1v) is 11.4. The SMILES string of the molecule is C=C/C(F)=C(\N=C(/N)c1c[nH]c2ncc(Cl)cc12)NC[C@H]1CCCN(C(=O)[C@@H]2C[C@@H]2C(=O)O)C1. The Bertz CT molecular complexity index is 1190. The summed E-state index contributed by atoms with van der Waals surface area (Å²) in [7, 11) is 0. The second-order valence-electron chi connectivity index (χ2n) is 8.61. The van der Waals surface area contributed by atoms with Gasteiger partial charge in [-0.1, -0.05) is 18.2 Å². The minimum Gasteiger partial charge on any atom is -0.481 e. The molecule has 0 unspecified atom stereocenters. The predicted molar refractivity (Wildman–Crippen MR) is 127 cm³/mol. The van der Waals surface area contributed by atoms with Gasteiger partial charge in [-0.05, 0) is 37.3 Å². The van der Waals surface area contributed by atoms with E-state index in [1.807, 2.05) is 0 Å². The zero-order valence-corrected chi connectivity index (χ0v) is 19.2. The standard InChI is InChI=1S/C23H26ClFN6O3/c1-2-18(25)21(30-19(26)17-10-29-20-14(17)6-13(24)9-28-20)27-8-12-4-3-5-31(11-12)22(32)15-7-16(15)23(33)34/h2,6,9-10,12,15-16,27H,1,3-5,7-8,11H2,(H2,26,30)(H,28,29)(H,33,34)/b21-18+/t12-,15-,16+/m1/s1. The number of piperidine rings is 1. The molecule has 34 heavy (non-hydrogen) atoms. The molecule has 3 atom stereocenters. The molecule has 1 aliphatic carbocycles. The van der Waals surface area contributed by atoms with E-state index in [-0.39, 0.29) is 23.5 Å². The lowest BCUT2D eigenvalue weighted by Gasteiger charge is -2.33. The van der Waals surface area contributed by atoms with Crippen LogP contribution in [0.25, 0.3) is 11.0 Å². The summed E-state index contributed by atoms with van der Waals surface area (Å²) < 4.78 is 14.5. The number of pyridine rings is 1. The predicted octanol–water partition coefficient (Wildman–Crippen LogP) is 2.80. The van der Waals surface area contributed by atoms with Crippen molar-refractivity contribution >= 4 is 40.3 Å². The zero-order chi connectivity index (χ0) is 24.4. The van der Waals surface area contributed by atoms with Crippen LogP contribution in [0.15, 0.2) is 47.8 Å². The number of likely N-dealkylation sites (tertiary alicyclic amines) is 1. The molecule has 1 amide bonds. The summed E-state index contributed by atoms with van der Waals surface area (Å²) in [6.45, 7) is 4.92. The van der Waals surface area contributed by atoms with Gasteiger partial charge in [-0.15, -0.1) is 0 Å². The van der Waals surface area contributed by atoms with Gasteiger partial charge in [0.15, 0.2) is 11.6 Å². The second-order valence-corrected chi connectivity index (χ2v) is 9.05. The number of aliphatic carboxylic acids is 1. The van der Waals surface area contributed by atoms with E-state index in [1.165, 1.54) is 6.20 Å². The van der Waals surface area contributed by atoms with Crippen LogP contribution in [0.1, 0.15) is 24.8 Å². The number of nitrogens with zero attached hydrogens (tertiary/aromatic N) is 3. The minimum absolute atomic E-state index is 0.0554. The molecule has 2 aliphatic rings. The monoisotopic (exact) mass is 488 g/mol. The topological polar surface area (TPSA) is 137 Å². The van der Waals surface area contributed by atoms with Crippen molar-refractivity contribution in [3.8, 4) is 0 Å². The summed E-state index contributed by atoms with van der Waals surface area (Å²) >= 11 is 6.04. The first-order chi connectivity index (χ1) is 16.3. The third-order valence-corrected chi connectivity index (χ3v) is 6.43. The van der Waals surface area contributed by atoms with E-state index in [0.29, 0.717) is 47.7 Å². The Morgan fingerprint density at radius 2 is 2.26 bits per heavy atom. The number of carbonyl (C=O) groups is 2. The maximum atomic E-state index is 14.5. The van der Waals surface area contributed by atoms with Gasteiger partial charge in [0.1, 0.15) is 11.5 Å². The molecular weight excluding hydrogens is 463 g/mol. The average molecular weight is 489 g/mol. The quantitative estimate of drug-likeness (QED) is 0.256. The molecule has 2 fully saturated rings. The molecule has 5 N–H and O–H groups in total. The molecule has 2 aromatic rings. The number of hydrogen-bond donors (Lipinski definition) is 4. The zero-order valence-electron chi connectivity index (χ0n) is 18.4. The number of halogens is 2. The molecule has 180 valence electrons. The number of nitrogens with one attached hydrogen (secondary N) is 2. The number of aromatic nitrogens is 2. The van der Waals surface area contributed by atoms with Crippen LogP contribution in [0.2, 0.25) is 5.02 Å². The van der Waals surface area contributed by atoms with Crippen LogP contribution < -0.4 is 11.1 Å². The van der Waals surface area contributed by atoms with Gasteiger partial charge in [0.2, 0.25) is 5.91 Å². The maximum absolute atomic E-state index is 14.5. The Labute approximate surface area is 200 Å². The van der Waals surface area contributed by atoms with Crippen molar-refractivity contribution in [1.29, 1.82) is 0 Å². The summed E-state index contributed by atoms with van der Waals surface area (Å²) in [6.07, 6.45) is 6.21. The number of carbonyl (C=O) groups excluding carboxylic acids is 1. The lowest BCUT2D eigenvalue weighted by Crippen LogP contribution is -2.43. The Morgan fingerprint density at radius 3 is 2.97 bits per heavy atom. The molecule has 1 aliphatic heterocycles. The molecule has 2 aromatic heterocycles. The van der Waals surface area contributed by atoms with Gasteiger partial charge in [0.05, 0.1) is 16.9 Å². The van der Waals surface area contributed by atoms with Gasteiger partial charge in [-0.3, -0.25) is 9.59 Å². The molecule has 9 nitrogen and oxygen atoms in total. The third-order valence-electron chi connectivity index (χ3n) is 6.23. The van der Waals surface area contributed by atoms with Crippen LogP contribution in [0.5, 0.6) is 0 Å². The van der Waals surface area contributed by atoms with Crippen LogP contribution in [0, 0.1) is 17.8 Å². The minimum atomic E-state index is -0.924. The number of amidine groups is 1. The van der Waals surface area contributed by atoms with E-state index in [2.05, 4.69) is 26.9 Å². The molecule has 11 heteroatoms. The number of aromatic amines is 1. The van der Waals surface area contributed by atoms with Gasteiger partial charge in [-0.2, -0.15) is 0 Å². The summed E-state index contributed by atoms with van der Waals surface area (Å²) in [5.74, 6) is -2.64. The first kappa shape index (κ1) is 23.7. The number of amides is 1. The van der Waals surface area contributed by atoms with Gasteiger partial charge in [-0.25, -0.2) is 14.4 Å². The van der Waals surface area contributed by atoms with Gasteiger partial charge < -0.3 is 26.0 Å². The number of carboxylic acids is 1. The third kappa shape index (κ3) is 5.06. The Hall–Kier alpha value is -3.40. The number of allylic oxidation sites excluding steroid dienone is 2. The average Bonchev–Trinajstić information content (AvgIpc) is 3.53. The highest BCUT2D eigenvalue weighted by Crippen LogP contribution is 2.40. The second kappa shape index (κ2) is 9.84. The van der Waals surface area contributed by atoms with Gasteiger partial charge in [0, 0.05) is 43.0 Å². The Morgan fingerprint density at radius 1 is 1.47 bits per heavy atom. The normalized spacial score (nSPS) is 23.4. The van der Waals surface area contributed by atoms with E-state index < -0.39 is 23.6 Å². The summed E-state index contributed by atoms with van der Waals surface area (Å²) in [5.41, 5.74) is 7.29. The number of carboxylic acid groups (broad SMARTS) is 1. The lowest BCUT2D eigenvalue weighted by molar-refractivity contribution is -0.142. The molecule has 4 rings (SSSR count). The van der Waals surface area contributed by atoms with E-state index in [0.717, 1.165) is 18.9 Å². The number of hydrogen-bond acceptors (Lipinski definition) is 5. The summed E-state index contributed by atoms with van der Waals surface area (Å²) in [5, 5.41) is 13.2. The van der Waals surface area contributed by atoms with Crippen molar-refractivity contribution in [3.63, 3.8) is 0 Å². The molecule has 0 radical (unpaired) electrons. The molecule has 0 aromatic carbocycles. The highest BCUT2D eigenvalue weighted by Gasteiger charge is 2.50. The Balaban J connectivity index is 1.44. The van der Waals surface area contributed by atoms with Crippen molar-refractivity contribution in [2.24, 2.45) is 28.5 Å². The number of H-pyrrole nitrogens is 1. The van der Waals surface area contributed by atoms with Crippen molar-refractivity contribution in [1.82, 2.24) is 20.2 Å². The Kier molecular flexibility index (Phi) is 6.87. The van der Waals surface area contributed by atoms with E-state index in [4.69, 9.17) is 22.4 Å². The number of aliphatic imine (C=N–C) groups is 1. The lowest BCUT2D eigenvalue weighted by atomic mass is 9.97. The van der Waals surface area contributed by atoms with Crippen molar-refractivity contribution in [2.45, 2.75) is 19.3 Å². The van der Waals surface area contributed by atoms with Crippen LogP contribution in [-0.2, 0) is 9.59 Å². The van der Waals surface area contributed by atoms with E-state index in [9.17, 15) is 14.0 Å². The van der Waals surface area contributed by atoms with E-state index in [1.54, 1.807) is 17.2 Å². The van der Waals surface area contributed by atoms with Crippen LogP contribution in [0.3, 0.4) is 0 Å². The molecular formula is C23H26ClFN6O3. The largest absolute Gasteiger partial charge is 0.481 e. The molecule has 1 saturated heterocycles. The fraction of sp³-hybridized carbons (Fsp3) is 0.391. The van der Waals surface area contributed by atoms with Crippen molar-refractivity contribution < 1.29 is 19.1 Å². The summed E-state index contributed by atoms with van der Waals surface area (Å²) in [6, 6.07) is 1.70. The van der Waals surface area contributed by atoms with Gasteiger partial charge >= 0.3 is 5.97 Å². The van der Waals surface area contributed by atoms with Crippen LogP contribution in [0.4, 0.5) is 4.39 Å². The summed E-state index contributed by atoms with van der Waals surface area (Å²) in [4.78, 5) is 36.9. The number of fused-ring (bicyclic) bond motifs is 1.